The molecule has 160 valence electrons. The number of carbonyl (C=O) groups excluding carboxylic acids is 1. The number of ether oxygens (including phenoxy) is 1. The third kappa shape index (κ3) is 5.86. The first kappa shape index (κ1) is 22.4. The number of piperidine rings is 1. The standard InChI is InChI=1S/C23H28ClN3O2S/c1-3-29-22(28)20-15-18(9-12-21(20)24)26-23(30)25-16(2)17-7-10-19(11-8-17)27-13-5-4-6-14-27/h7-12,15-16H,3-6,13-14H2,1-2H3,(H2,25,26,30). The van der Waals surface area contributed by atoms with Crippen molar-refractivity contribution in [1.29, 1.82) is 0 Å². The zero-order valence-electron chi connectivity index (χ0n) is 17.4. The van der Waals surface area contributed by atoms with E-state index >= 15 is 0 Å². The SMILES string of the molecule is CCOC(=O)c1cc(NC(=S)NC(C)c2ccc(N3CCCCC3)cc2)ccc1Cl. The number of halogens is 1. The number of rotatable bonds is 6. The summed E-state index contributed by atoms with van der Waals surface area (Å²) in [5.41, 5.74) is 3.42. The number of hydrogen-bond acceptors (Lipinski definition) is 4. The molecule has 7 heteroatoms. The summed E-state index contributed by atoms with van der Waals surface area (Å²) in [5.74, 6) is -0.452. The summed E-state index contributed by atoms with van der Waals surface area (Å²) in [4.78, 5) is 14.5. The zero-order chi connectivity index (χ0) is 21.5. The molecule has 1 heterocycles. The molecule has 0 aromatic heterocycles. The largest absolute Gasteiger partial charge is 0.462 e. The van der Waals surface area contributed by atoms with Gasteiger partial charge in [0.2, 0.25) is 0 Å². The molecule has 1 atom stereocenters. The Bertz CT molecular complexity index is 883. The summed E-state index contributed by atoms with van der Waals surface area (Å²) in [6.07, 6.45) is 3.86. The van der Waals surface area contributed by atoms with Crippen LogP contribution < -0.4 is 15.5 Å². The van der Waals surface area contributed by atoms with Crippen LogP contribution in [0.5, 0.6) is 0 Å². The van der Waals surface area contributed by atoms with Gasteiger partial charge < -0.3 is 20.3 Å². The Balaban J connectivity index is 1.59. The van der Waals surface area contributed by atoms with Crippen molar-refractivity contribution in [2.75, 3.05) is 29.9 Å². The summed E-state index contributed by atoms with van der Waals surface area (Å²) in [6, 6.07) is 13.8. The van der Waals surface area contributed by atoms with Gasteiger partial charge in [0.15, 0.2) is 5.11 Å². The molecule has 0 spiro atoms. The molecule has 0 bridgehead atoms. The van der Waals surface area contributed by atoms with Crippen LogP contribution >= 0.6 is 23.8 Å². The van der Waals surface area contributed by atoms with Gasteiger partial charge >= 0.3 is 5.97 Å². The predicted molar refractivity (Wildman–Crippen MR) is 128 cm³/mol. The van der Waals surface area contributed by atoms with Gasteiger partial charge in [-0.15, -0.1) is 0 Å². The molecule has 30 heavy (non-hydrogen) atoms. The molecule has 1 aliphatic heterocycles. The minimum atomic E-state index is -0.452. The number of thiocarbonyl (C=S) groups is 1. The lowest BCUT2D eigenvalue weighted by molar-refractivity contribution is 0.0526. The van der Waals surface area contributed by atoms with Crippen LogP contribution in [0.2, 0.25) is 5.02 Å². The van der Waals surface area contributed by atoms with Gasteiger partial charge in [0.1, 0.15) is 0 Å². The molecule has 1 unspecified atom stereocenters. The normalized spacial score (nSPS) is 14.7. The molecule has 5 nitrogen and oxygen atoms in total. The second-order valence-corrected chi connectivity index (χ2v) is 8.19. The Morgan fingerprint density at radius 2 is 1.87 bits per heavy atom. The lowest BCUT2D eigenvalue weighted by Crippen LogP contribution is -2.31. The van der Waals surface area contributed by atoms with Gasteiger partial charge in [-0.1, -0.05) is 23.7 Å². The van der Waals surface area contributed by atoms with Crippen LogP contribution in [0.1, 0.15) is 55.1 Å². The van der Waals surface area contributed by atoms with Crippen molar-refractivity contribution in [2.24, 2.45) is 0 Å². The zero-order valence-corrected chi connectivity index (χ0v) is 19.0. The van der Waals surface area contributed by atoms with E-state index in [1.165, 1.54) is 24.9 Å². The molecule has 2 aromatic carbocycles. The van der Waals surface area contributed by atoms with Crippen LogP contribution in [-0.4, -0.2) is 30.8 Å². The van der Waals surface area contributed by atoms with Crippen LogP contribution in [0.3, 0.4) is 0 Å². The van der Waals surface area contributed by atoms with E-state index in [9.17, 15) is 4.79 Å². The topological polar surface area (TPSA) is 53.6 Å². The number of carbonyl (C=O) groups is 1. The minimum absolute atomic E-state index is 0.0391. The Hall–Kier alpha value is -2.31. The second-order valence-electron chi connectivity index (χ2n) is 7.37. The summed E-state index contributed by atoms with van der Waals surface area (Å²) in [6.45, 7) is 6.39. The first-order valence-corrected chi connectivity index (χ1v) is 11.2. The van der Waals surface area contributed by atoms with E-state index in [4.69, 9.17) is 28.6 Å². The lowest BCUT2D eigenvalue weighted by atomic mass is 10.1. The summed E-state index contributed by atoms with van der Waals surface area (Å²) in [5, 5.41) is 7.22. The van der Waals surface area contributed by atoms with Crippen LogP contribution in [0.15, 0.2) is 42.5 Å². The maximum atomic E-state index is 12.0. The average Bonchev–Trinajstić information content (AvgIpc) is 2.76. The lowest BCUT2D eigenvalue weighted by Gasteiger charge is -2.29. The monoisotopic (exact) mass is 445 g/mol. The maximum absolute atomic E-state index is 12.0. The fourth-order valence-corrected chi connectivity index (χ4v) is 4.03. The molecule has 0 saturated carbocycles. The molecule has 1 saturated heterocycles. The summed E-state index contributed by atoms with van der Waals surface area (Å²) in [7, 11) is 0. The van der Waals surface area contributed by atoms with Gasteiger partial charge in [-0.25, -0.2) is 4.79 Å². The molecule has 0 radical (unpaired) electrons. The fourth-order valence-electron chi connectivity index (χ4n) is 3.54. The van der Waals surface area contributed by atoms with Crippen molar-refractivity contribution in [3.63, 3.8) is 0 Å². The van der Waals surface area contributed by atoms with Gasteiger partial charge in [0, 0.05) is 24.5 Å². The molecule has 3 rings (SSSR count). The van der Waals surface area contributed by atoms with Crippen molar-refractivity contribution < 1.29 is 9.53 Å². The van der Waals surface area contributed by atoms with E-state index in [0.717, 1.165) is 18.7 Å². The number of anilines is 2. The molecule has 0 aliphatic carbocycles. The highest BCUT2D eigenvalue weighted by atomic mass is 35.5. The predicted octanol–water partition coefficient (Wildman–Crippen LogP) is 5.55. The Morgan fingerprint density at radius 1 is 1.17 bits per heavy atom. The van der Waals surface area contributed by atoms with Gasteiger partial charge in [0.05, 0.1) is 23.2 Å². The van der Waals surface area contributed by atoms with Crippen LogP contribution in [0.4, 0.5) is 11.4 Å². The smallest absolute Gasteiger partial charge is 0.339 e. The average molecular weight is 446 g/mol. The highest BCUT2D eigenvalue weighted by Crippen LogP contribution is 2.24. The number of esters is 1. The molecular weight excluding hydrogens is 418 g/mol. The van der Waals surface area contributed by atoms with Crippen LogP contribution in [0, 0.1) is 0 Å². The minimum Gasteiger partial charge on any atom is -0.462 e. The quantitative estimate of drug-likeness (QED) is 0.448. The van der Waals surface area contributed by atoms with Gasteiger partial charge in [-0.2, -0.15) is 0 Å². The van der Waals surface area contributed by atoms with E-state index in [2.05, 4.69) is 46.7 Å². The number of hydrogen-bond donors (Lipinski definition) is 2. The third-order valence-electron chi connectivity index (χ3n) is 5.18. The first-order valence-electron chi connectivity index (χ1n) is 10.4. The van der Waals surface area contributed by atoms with E-state index in [1.807, 2.05) is 0 Å². The van der Waals surface area contributed by atoms with Crippen molar-refractivity contribution in [3.05, 3.63) is 58.6 Å². The number of benzene rings is 2. The van der Waals surface area contributed by atoms with Crippen LogP contribution in [-0.2, 0) is 4.74 Å². The number of nitrogens with zero attached hydrogens (tertiary/aromatic N) is 1. The van der Waals surface area contributed by atoms with E-state index < -0.39 is 5.97 Å². The number of nitrogens with one attached hydrogen (secondary N) is 2. The van der Waals surface area contributed by atoms with Crippen molar-refractivity contribution >= 4 is 46.3 Å². The fraction of sp³-hybridized carbons (Fsp3) is 0.391. The Morgan fingerprint density at radius 3 is 2.53 bits per heavy atom. The summed E-state index contributed by atoms with van der Waals surface area (Å²) < 4.78 is 5.04. The second kappa shape index (κ2) is 10.6. The van der Waals surface area contributed by atoms with Gasteiger partial charge in [-0.05, 0) is 81.2 Å². The van der Waals surface area contributed by atoms with E-state index in [-0.39, 0.29) is 6.04 Å². The van der Waals surface area contributed by atoms with Gasteiger partial charge in [0.25, 0.3) is 0 Å². The van der Waals surface area contributed by atoms with Crippen molar-refractivity contribution in [2.45, 2.75) is 39.2 Å². The molecule has 2 aromatic rings. The molecular formula is C23H28ClN3O2S. The molecule has 1 aliphatic rings. The third-order valence-corrected chi connectivity index (χ3v) is 5.73. The first-order chi connectivity index (χ1) is 14.5. The molecule has 1 fully saturated rings. The van der Waals surface area contributed by atoms with E-state index in [0.29, 0.717) is 28.0 Å². The van der Waals surface area contributed by atoms with E-state index in [1.54, 1.807) is 25.1 Å². The molecule has 0 amide bonds. The summed E-state index contributed by atoms with van der Waals surface area (Å²) >= 11 is 11.6. The highest BCUT2D eigenvalue weighted by molar-refractivity contribution is 7.80. The van der Waals surface area contributed by atoms with Gasteiger partial charge in [-0.3, -0.25) is 0 Å². The Kier molecular flexibility index (Phi) is 7.94. The maximum Gasteiger partial charge on any atom is 0.339 e. The van der Waals surface area contributed by atoms with Crippen LogP contribution in [0.25, 0.3) is 0 Å². The van der Waals surface area contributed by atoms with Crippen molar-refractivity contribution in [1.82, 2.24) is 5.32 Å². The highest BCUT2D eigenvalue weighted by Gasteiger charge is 2.14. The Labute approximate surface area is 188 Å². The van der Waals surface area contributed by atoms with Crippen molar-refractivity contribution in [3.8, 4) is 0 Å². The molecule has 2 N–H and O–H groups in total.